The van der Waals surface area contributed by atoms with Crippen LogP contribution in [0.4, 0.5) is 23.0 Å². The maximum absolute atomic E-state index is 14.0. The van der Waals surface area contributed by atoms with Gasteiger partial charge in [-0.2, -0.15) is 43.3 Å². The molecule has 0 fully saturated rings. The number of nitrogens with zero attached hydrogens (tertiary/aromatic N) is 4. The van der Waals surface area contributed by atoms with Crippen LogP contribution in [0.25, 0.3) is 38.9 Å². The lowest BCUT2D eigenvalue weighted by Gasteiger charge is -2.22. The molecule has 5 aromatic carbocycles. The average Bonchev–Trinajstić information content (AvgIpc) is 1.53. The summed E-state index contributed by atoms with van der Waals surface area (Å²) in [5, 5.41) is 34.9. The quantitative estimate of drug-likeness (QED) is 0.00500. The number of halogens is 1. The number of nitrogens with two attached hydrogens (primary N) is 2. The number of Topliss-reactive ketones (excluding diaryl/α,β-unsaturated/α-hetero) is 3. The van der Waals surface area contributed by atoms with Crippen molar-refractivity contribution in [2.24, 2.45) is 17.6 Å². The maximum atomic E-state index is 14.0. The predicted molar refractivity (Wildman–Crippen MR) is 405 cm³/mol. The molecule has 0 saturated carbocycles. The molecule has 0 spiro atoms. The summed E-state index contributed by atoms with van der Waals surface area (Å²) in [6, 6.07) is 28.1. The van der Waals surface area contributed by atoms with Crippen LogP contribution in [-0.2, 0) is 86.4 Å². The smallest absolute Gasteiger partial charge is 0.373 e. The van der Waals surface area contributed by atoms with Gasteiger partial charge in [0, 0.05) is 138 Å². The molecule has 1 unspecified atom stereocenters. The monoisotopic (exact) mass is 1560 g/mol. The molecule has 10 rings (SSSR count). The number of phenols is 1. The summed E-state index contributed by atoms with van der Waals surface area (Å²) in [7, 11) is 2.97. The topological polar surface area (TPSA) is 520 Å². The van der Waals surface area contributed by atoms with Crippen LogP contribution < -0.4 is 48.5 Å². The summed E-state index contributed by atoms with van der Waals surface area (Å²) in [5.74, 6) is -2.55. The molecule has 8 aromatic rings. The maximum Gasteiger partial charge on any atom is 0.373 e. The van der Waals surface area contributed by atoms with Crippen molar-refractivity contribution < 1.29 is 81.8 Å². The van der Waals surface area contributed by atoms with Gasteiger partial charge in [-0.05, 0) is 109 Å². The van der Waals surface area contributed by atoms with E-state index in [4.69, 9.17) is 66.8 Å². The highest BCUT2D eigenvalue weighted by atomic mass is 35.5. The number of aromatic hydroxyl groups is 1. The Labute approximate surface area is 640 Å². The number of anilines is 4. The van der Waals surface area contributed by atoms with E-state index in [0.717, 1.165) is 33.0 Å². The summed E-state index contributed by atoms with van der Waals surface area (Å²) < 4.78 is 0. The first-order chi connectivity index (χ1) is 52.8. The van der Waals surface area contributed by atoms with Crippen LogP contribution in [0.2, 0.25) is 0 Å². The summed E-state index contributed by atoms with van der Waals surface area (Å²) >= 11 is 6.43. The minimum absolute atomic E-state index is 0.0362. The van der Waals surface area contributed by atoms with Crippen LogP contribution in [0, 0.1) is 17.2 Å². The van der Waals surface area contributed by atoms with Gasteiger partial charge in [0.2, 0.25) is 23.7 Å². The minimum Gasteiger partial charge on any atom is -0.507 e. The number of hydrogen-bond donors (Lipinski definition) is 11. The largest absolute Gasteiger partial charge is 0.507 e. The van der Waals surface area contributed by atoms with Gasteiger partial charge < -0.3 is 53.0 Å². The zero-order chi connectivity index (χ0) is 80.4. The number of rotatable bonds is 33. The van der Waals surface area contributed by atoms with E-state index in [9.17, 15) is 48.3 Å². The number of nitrogen functional groups attached to an aromatic ring is 1. The highest BCUT2D eigenvalue weighted by molar-refractivity contribution is 8.76. The molecule has 0 radical (unpaired) electrons. The molecule has 5 amide bonds. The number of nitrogens with one attached hydrogen (secondary N) is 8. The number of alkyl halides is 1. The fourth-order valence-corrected chi connectivity index (χ4v) is 14.2. The highest BCUT2D eigenvalue weighted by Crippen LogP contribution is 2.46. The Bertz CT molecular complexity index is 4880. The van der Waals surface area contributed by atoms with Gasteiger partial charge in [0.15, 0.2) is 28.7 Å². The number of ketones is 3. The SMILES string of the molecule is C[C@H](CC(=O)[C@H](CCCNC(=N)N)NC(=O)[C@H](C)CC(=O)CCCCC(=O)c1ccc(CCc2cnc3nc(N)[nH]c(=O)c3n2)cc1)C(=O)NCCSSCCC(=O)Nc1ccc2c(c1)C=C(C(=O)Nc1ccc3[nH]c(C(=O)N4CC(CCl)c5c4cc(O)c4ccccc54)cc3c1)C2.O=C=O.O=C=O.O=C=O.O=C=O. The van der Waals surface area contributed by atoms with Crippen LogP contribution >= 0.6 is 33.2 Å². The summed E-state index contributed by atoms with van der Waals surface area (Å²) in [5.41, 5.74) is 19.0. The van der Waals surface area contributed by atoms with E-state index in [1.807, 2.05) is 54.6 Å². The number of aryl methyl sites for hydroxylation is 2. The van der Waals surface area contributed by atoms with E-state index in [2.05, 4.69) is 51.5 Å². The Balaban J connectivity index is 0.00000148. The van der Waals surface area contributed by atoms with Gasteiger partial charge in [-0.1, -0.05) is 90.0 Å². The molecular formula is C75H77ClN14O18S2. The molecule has 35 heteroatoms. The molecule has 0 saturated heterocycles. The van der Waals surface area contributed by atoms with E-state index < -0.39 is 29.3 Å². The molecule has 574 valence electrons. The normalized spacial score (nSPS) is 12.8. The highest BCUT2D eigenvalue weighted by Gasteiger charge is 2.36. The summed E-state index contributed by atoms with van der Waals surface area (Å²) in [4.78, 5) is 204. The number of carbonyl (C=O) groups excluding carboxylic acids is 16. The number of benzene rings is 5. The number of carbonyl (C=O) groups is 8. The van der Waals surface area contributed by atoms with Gasteiger partial charge in [-0.25, -0.2) is 9.97 Å². The fraction of sp³-hybridized carbons (Fsp3) is 0.320. The van der Waals surface area contributed by atoms with Crippen molar-refractivity contribution in [3.63, 3.8) is 0 Å². The molecule has 4 atom stereocenters. The van der Waals surface area contributed by atoms with Crippen molar-refractivity contribution in [2.45, 2.75) is 103 Å². The molecule has 110 heavy (non-hydrogen) atoms. The lowest BCUT2D eigenvalue weighted by molar-refractivity contribution is -0.193. The first-order valence-corrected chi connectivity index (χ1v) is 37.1. The molecule has 0 bridgehead atoms. The second kappa shape index (κ2) is 44.0. The number of H-pyrrole nitrogens is 2. The van der Waals surface area contributed by atoms with E-state index in [1.165, 1.54) is 21.6 Å². The van der Waals surface area contributed by atoms with Crippen LogP contribution in [0.1, 0.15) is 126 Å². The summed E-state index contributed by atoms with van der Waals surface area (Å²) in [6.45, 7) is 4.20. The average molecular weight is 1560 g/mol. The van der Waals surface area contributed by atoms with Crippen molar-refractivity contribution in [3.8, 4) is 5.75 Å². The van der Waals surface area contributed by atoms with E-state index in [-0.39, 0.29) is 145 Å². The molecule has 32 nitrogen and oxygen atoms in total. The first-order valence-electron chi connectivity index (χ1n) is 34.1. The lowest BCUT2D eigenvalue weighted by atomic mass is 9.95. The number of aromatic amines is 2. The molecule has 4 heterocycles. The lowest BCUT2D eigenvalue weighted by Crippen LogP contribution is -2.45. The van der Waals surface area contributed by atoms with Crippen molar-refractivity contribution >= 4 is 173 Å². The number of unbranched alkanes of at least 4 members (excludes halogenated alkanes) is 1. The molecule has 13 N–H and O–H groups in total. The van der Waals surface area contributed by atoms with Gasteiger partial charge in [-0.3, -0.25) is 53.5 Å². The number of guanidine groups is 1. The van der Waals surface area contributed by atoms with Crippen LogP contribution in [0.5, 0.6) is 5.75 Å². The van der Waals surface area contributed by atoms with Crippen molar-refractivity contribution in [1.82, 2.24) is 40.9 Å². The van der Waals surface area contributed by atoms with E-state index in [0.29, 0.717) is 119 Å². The number of phenolic OH excluding ortho intramolecular Hbond substituents is 1. The van der Waals surface area contributed by atoms with Crippen molar-refractivity contribution in [1.29, 1.82) is 5.41 Å². The first kappa shape index (κ1) is 86.5. The third-order valence-electron chi connectivity index (χ3n) is 17.3. The Hall–Kier alpha value is -12.4. The zero-order valence-corrected chi connectivity index (χ0v) is 61.8. The Morgan fingerprint density at radius 3 is 2.10 bits per heavy atom. The number of amides is 5. The van der Waals surface area contributed by atoms with E-state index in [1.54, 1.807) is 73.5 Å². The van der Waals surface area contributed by atoms with Crippen LogP contribution in [-0.4, -0.2) is 151 Å². The number of fused-ring (bicyclic) bond motifs is 6. The molecule has 1 aliphatic carbocycles. The zero-order valence-electron chi connectivity index (χ0n) is 59.5. The Kier molecular flexibility index (Phi) is 34.6. The third-order valence-corrected chi connectivity index (χ3v) is 20.0. The van der Waals surface area contributed by atoms with Gasteiger partial charge in [-0.15, -0.1) is 11.6 Å². The standard InChI is InChI=1S/C71H77ClN14O10S2.4CO2/c1-39(28-51(87)8-3-6-12-58(88)42-16-13-41(14-17-42)15-19-50-37-78-64-63(80-50)68(95)85-71(75)84-64)66(93)83-55(11-7-24-77-70(73)74)60(90)29-40(2)65(92)76-25-27-98-97-26-23-61(91)79-48-20-18-43-30-46(31-44(43)32-48)67(94)81-49-21-22-54-45(33-49)34-56(82-54)69(96)86-38-47(36-72)62-53-10-5-4-9-52(53)59(89)35-57(62)86;4*2-1-3/h4-5,9-10,13-14,16-18,20-22,31-35,37,39-40,47,55,82,89H,3,6-8,11-12,15,19,23-30,36,38H2,1-2H3,(H,76,92)(H,79,91)(H,81,94)(H,83,93)(H4,73,74,77)(H3,75,78,84,85,95);;;;/t39-,40-,47?,55+;;;;/m1..../s1. The van der Waals surface area contributed by atoms with Crippen molar-refractivity contribution in [3.05, 3.63) is 158 Å². The summed E-state index contributed by atoms with van der Waals surface area (Å²) in [6.07, 6.45) is 7.81. The van der Waals surface area contributed by atoms with E-state index >= 15 is 0 Å². The Morgan fingerprint density at radius 1 is 0.736 bits per heavy atom. The van der Waals surface area contributed by atoms with Crippen molar-refractivity contribution in [2.75, 3.05) is 58.3 Å². The van der Waals surface area contributed by atoms with Crippen LogP contribution in [0.15, 0.2) is 114 Å². The van der Waals surface area contributed by atoms with Gasteiger partial charge in [0.25, 0.3) is 17.4 Å². The Morgan fingerprint density at radius 2 is 1.40 bits per heavy atom. The molecule has 1 aliphatic heterocycles. The van der Waals surface area contributed by atoms with Gasteiger partial charge in [0.05, 0.1) is 23.6 Å². The van der Waals surface area contributed by atoms with Crippen LogP contribution in [0.3, 0.4) is 0 Å². The van der Waals surface area contributed by atoms with Gasteiger partial charge >= 0.3 is 24.6 Å². The number of hydrogen-bond acceptors (Lipinski definition) is 25. The fourth-order valence-electron chi connectivity index (χ4n) is 12.1. The molecule has 3 aromatic heterocycles. The minimum atomic E-state index is -0.951. The second-order valence-corrected chi connectivity index (χ2v) is 28.0. The molecular weight excluding hydrogens is 1480 g/mol. The second-order valence-electron chi connectivity index (χ2n) is 25.0. The molecule has 2 aliphatic rings. The van der Waals surface area contributed by atoms with Gasteiger partial charge in [0.1, 0.15) is 17.2 Å². The predicted octanol–water partition coefficient (Wildman–Crippen LogP) is 6.86. The third kappa shape index (κ3) is 25.7. The number of aromatic nitrogens is 5.